The molecule has 0 aliphatic rings. The molecule has 1 heterocycles. The standard InChI is InChI=1S/C9H13N3O2S/c1-7(5-13)15-6-8(14)12-9-10-3-2-4-11-9/h2-4,7,13H,5-6H2,1H3,(H,10,11,12,14). The van der Waals surface area contributed by atoms with Gasteiger partial charge in [0.05, 0.1) is 12.4 Å². The van der Waals surface area contributed by atoms with E-state index in [1.54, 1.807) is 18.5 Å². The Balaban J connectivity index is 2.31. The number of rotatable bonds is 5. The van der Waals surface area contributed by atoms with Crippen molar-refractivity contribution in [1.82, 2.24) is 9.97 Å². The molecule has 0 fully saturated rings. The number of anilines is 1. The van der Waals surface area contributed by atoms with E-state index in [1.807, 2.05) is 6.92 Å². The summed E-state index contributed by atoms with van der Waals surface area (Å²) >= 11 is 1.39. The lowest BCUT2D eigenvalue weighted by Crippen LogP contribution is -2.18. The fraction of sp³-hybridized carbons (Fsp3) is 0.444. The topological polar surface area (TPSA) is 75.1 Å². The molecule has 5 nitrogen and oxygen atoms in total. The summed E-state index contributed by atoms with van der Waals surface area (Å²) in [6, 6.07) is 1.68. The van der Waals surface area contributed by atoms with E-state index in [2.05, 4.69) is 15.3 Å². The Morgan fingerprint density at radius 2 is 2.27 bits per heavy atom. The fourth-order valence-electron chi connectivity index (χ4n) is 0.795. The highest BCUT2D eigenvalue weighted by Crippen LogP contribution is 2.09. The van der Waals surface area contributed by atoms with Crippen LogP contribution in [0.4, 0.5) is 5.95 Å². The van der Waals surface area contributed by atoms with Crippen LogP contribution in [0.5, 0.6) is 0 Å². The van der Waals surface area contributed by atoms with Gasteiger partial charge in [-0.2, -0.15) is 0 Å². The Hall–Kier alpha value is -1.14. The maximum atomic E-state index is 11.3. The van der Waals surface area contributed by atoms with Crippen LogP contribution < -0.4 is 5.32 Å². The predicted octanol–water partition coefficient (Wildman–Crippen LogP) is 0.529. The van der Waals surface area contributed by atoms with Crippen LogP contribution in [0.1, 0.15) is 6.92 Å². The van der Waals surface area contributed by atoms with Crippen molar-refractivity contribution in [3.63, 3.8) is 0 Å². The van der Waals surface area contributed by atoms with Crippen molar-refractivity contribution < 1.29 is 9.90 Å². The highest BCUT2D eigenvalue weighted by Gasteiger charge is 2.07. The molecule has 6 heteroatoms. The minimum absolute atomic E-state index is 0.0624. The molecule has 0 saturated heterocycles. The van der Waals surface area contributed by atoms with E-state index >= 15 is 0 Å². The molecule has 0 saturated carbocycles. The fourth-order valence-corrected chi connectivity index (χ4v) is 1.41. The Labute approximate surface area is 92.3 Å². The maximum Gasteiger partial charge on any atom is 0.236 e. The second-order valence-electron chi connectivity index (χ2n) is 2.92. The Morgan fingerprint density at radius 3 is 2.87 bits per heavy atom. The molecular weight excluding hydrogens is 214 g/mol. The number of amides is 1. The zero-order chi connectivity index (χ0) is 11.1. The van der Waals surface area contributed by atoms with Gasteiger partial charge >= 0.3 is 0 Å². The average molecular weight is 227 g/mol. The van der Waals surface area contributed by atoms with Gasteiger partial charge in [-0.05, 0) is 6.07 Å². The first kappa shape index (κ1) is 11.9. The van der Waals surface area contributed by atoms with Crippen molar-refractivity contribution in [2.75, 3.05) is 17.7 Å². The van der Waals surface area contributed by atoms with E-state index in [0.29, 0.717) is 11.7 Å². The normalized spacial score (nSPS) is 12.1. The van der Waals surface area contributed by atoms with Gasteiger partial charge in [-0.25, -0.2) is 9.97 Å². The van der Waals surface area contributed by atoms with Crippen LogP contribution in [0.15, 0.2) is 18.5 Å². The van der Waals surface area contributed by atoms with Crippen molar-refractivity contribution in [3.8, 4) is 0 Å². The number of thioether (sulfide) groups is 1. The number of carbonyl (C=O) groups excluding carboxylic acids is 1. The summed E-state index contributed by atoms with van der Waals surface area (Å²) in [6.45, 7) is 1.93. The smallest absolute Gasteiger partial charge is 0.236 e. The predicted molar refractivity (Wildman–Crippen MR) is 59.7 cm³/mol. The lowest BCUT2D eigenvalue weighted by Gasteiger charge is -2.06. The molecule has 1 unspecified atom stereocenters. The molecule has 0 aromatic carbocycles. The third-order valence-electron chi connectivity index (χ3n) is 1.57. The number of aliphatic hydroxyl groups excluding tert-OH is 1. The van der Waals surface area contributed by atoms with Gasteiger partial charge in [0.25, 0.3) is 0 Å². The van der Waals surface area contributed by atoms with Crippen LogP contribution in [0.3, 0.4) is 0 Å². The first-order valence-electron chi connectivity index (χ1n) is 4.51. The SMILES string of the molecule is CC(CO)SCC(=O)Nc1ncccn1. The van der Waals surface area contributed by atoms with E-state index in [9.17, 15) is 4.79 Å². The van der Waals surface area contributed by atoms with Crippen LogP contribution in [0.2, 0.25) is 0 Å². The molecule has 82 valence electrons. The zero-order valence-corrected chi connectivity index (χ0v) is 9.20. The summed E-state index contributed by atoms with van der Waals surface area (Å²) in [7, 11) is 0. The lowest BCUT2D eigenvalue weighted by atomic mass is 10.5. The third-order valence-corrected chi connectivity index (χ3v) is 2.72. The number of carbonyl (C=O) groups is 1. The molecular formula is C9H13N3O2S. The van der Waals surface area contributed by atoms with Crippen LogP contribution in [-0.4, -0.2) is 38.6 Å². The third kappa shape index (κ3) is 4.75. The summed E-state index contributed by atoms with van der Waals surface area (Å²) in [5.41, 5.74) is 0. The van der Waals surface area contributed by atoms with Gasteiger partial charge in [0.1, 0.15) is 0 Å². The molecule has 0 aliphatic carbocycles. The molecule has 0 aliphatic heterocycles. The van der Waals surface area contributed by atoms with E-state index in [1.165, 1.54) is 11.8 Å². The number of hydrogen-bond acceptors (Lipinski definition) is 5. The van der Waals surface area contributed by atoms with Crippen molar-refractivity contribution in [1.29, 1.82) is 0 Å². The monoisotopic (exact) mass is 227 g/mol. The van der Waals surface area contributed by atoms with Gasteiger partial charge in [0.2, 0.25) is 11.9 Å². The molecule has 0 spiro atoms. The Bertz CT molecular complexity index is 307. The van der Waals surface area contributed by atoms with Crippen molar-refractivity contribution >= 4 is 23.6 Å². The van der Waals surface area contributed by atoms with E-state index in [4.69, 9.17) is 5.11 Å². The van der Waals surface area contributed by atoms with E-state index in [-0.39, 0.29) is 17.8 Å². The number of hydrogen-bond donors (Lipinski definition) is 2. The van der Waals surface area contributed by atoms with Crippen molar-refractivity contribution in [2.24, 2.45) is 0 Å². The van der Waals surface area contributed by atoms with Gasteiger partial charge in [-0.3, -0.25) is 10.1 Å². The molecule has 1 aromatic rings. The molecule has 0 bridgehead atoms. The number of nitrogens with one attached hydrogen (secondary N) is 1. The van der Waals surface area contributed by atoms with Crippen molar-refractivity contribution in [3.05, 3.63) is 18.5 Å². The van der Waals surface area contributed by atoms with Crippen LogP contribution in [0.25, 0.3) is 0 Å². The van der Waals surface area contributed by atoms with Gasteiger partial charge in [-0.15, -0.1) is 11.8 Å². The molecule has 15 heavy (non-hydrogen) atoms. The Kier molecular flexibility index (Phi) is 5.06. The van der Waals surface area contributed by atoms with Gasteiger partial charge in [0.15, 0.2) is 0 Å². The van der Waals surface area contributed by atoms with Gasteiger partial charge in [-0.1, -0.05) is 6.92 Å². The second-order valence-corrected chi connectivity index (χ2v) is 4.35. The molecule has 1 atom stereocenters. The molecule has 2 N–H and O–H groups in total. The number of aliphatic hydroxyl groups is 1. The molecule has 1 amide bonds. The van der Waals surface area contributed by atoms with Crippen LogP contribution in [0, 0.1) is 0 Å². The summed E-state index contributed by atoms with van der Waals surface area (Å²) in [4.78, 5) is 19.1. The molecule has 1 rings (SSSR count). The van der Waals surface area contributed by atoms with Gasteiger partial charge < -0.3 is 5.11 Å². The first-order chi connectivity index (χ1) is 7.22. The quantitative estimate of drug-likeness (QED) is 0.767. The highest BCUT2D eigenvalue weighted by molar-refractivity contribution is 8.00. The maximum absolute atomic E-state index is 11.3. The van der Waals surface area contributed by atoms with Gasteiger partial charge in [0, 0.05) is 17.6 Å². The Morgan fingerprint density at radius 1 is 1.60 bits per heavy atom. The lowest BCUT2D eigenvalue weighted by molar-refractivity contribution is -0.113. The average Bonchev–Trinajstić information content (AvgIpc) is 2.27. The number of nitrogens with zero attached hydrogens (tertiary/aromatic N) is 2. The zero-order valence-electron chi connectivity index (χ0n) is 8.38. The highest BCUT2D eigenvalue weighted by atomic mass is 32.2. The molecule has 1 aromatic heterocycles. The molecule has 0 radical (unpaired) electrons. The van der Waals surface area contributed by atoms with Crippen molar-refractivity contribution in [2.45, 2.75) is 12.2 Å². The van der Waals surface area contributed by atoms with Crippen LogP contribution in [-0.2, 0) is 4.79 Å². The van der Waals surface area contributed by atoms with Crippen LogP contribution >= 0.6 is 11.8 Å². The number of aromatic nitrogens is 2. The summed E-state index contributed by atoms with van der Waals surface area (Å²) in [5, 5.41) is 11.4. The minimum atomic E-state index is -0.161. The summed E-state index contributed by atoms with van der Waals surface area (Å²) < 4.78 is 0. The summed E-state index contributed by atoms with van der Waals surface area (Å²) in [6.07, 6.45) is 3.12. The van der Waals surface area contributed by atoms with E-state index < -0.39 is 0 Å². The first-order valence-corrected chi connectivity index (χ1v) is 5.56. The van der Waals surface area contributed by atoms with E-state index in [0.717, 1.165) is 0 Å². The second kappa shape index (κ2) is 6.36. The summed E-state index contributed by atoms with van der Waals surface area (Å²) in [5.74, 6) is 0.436. The minimum Gasteiger partial charge on any atom is -0.395 e. The largest absolute Gasteiger partial charge is 0.395 e.